The Morgan fingerprint density at radius 1 is 1.00 bits per heavy atom. The molecule has 26 heavy (non-hydrogen) atoms. The van der Waals surface area contributed by atoms with E-state index in [1.807, 2.05) is 0 Å². The summed E-state index contributed by atoms with van der Waals surface area (Å²) in [4.78, 5) is 12.0. The van der Waals surface area contributed by atoms with E-state index in [2.05, 4.69) is 93.4 Å². The highest BCUT2D eigenvalue weighted by atomic mass is 127. The molecule has 142 valence electrons. The molecule has 1 heterocycles. The van der Waals surface area contributed by atoms with Gasteiger partial charge in [-0.1, -0.05) is 31.5 Å². The van der Waals surface area contributed by atoms with Crippen LogP contribution in [0.5, 0.6) is 0 Å². The first kappa shape index (κ1) is 20.9. The number of rotatable bonds is 7. The van der Waals surface area contributed by atoms with Gasteiger partial charge in [-0.25, -0.2) is 4.98 Å². The molecule has 0 aliphatic rings. The van der Waals surface area contributed by atoms with Crippen LogP contribution in [-0.2, 0) is 0 Å². The Kier molecular flexibility index (Phi) is 7.26. The van der Waals surface area contributed by atoms with Gasteiger partial charge in [-0.2, -0.15) is 4.98 Å². The number of halogens is 1. The third-order valence-corrected chi connectivity index (χ3v) is 6.09. The highest BCUT2D eigenvalue weighted by molar-refractivity contribution is 14.1. The Balaban J connectivity index is 2.54. The van der Waals surface area contributed by atoms with Crippen LogP contribution >= 0.6 is 22.6 Å². The minimum absolute atomic E-state index is 0.434. The largest absolute Gasteiger partial charge is 0.366 e. The van der Waals surface area contributed by atoms with E-state index in [-0.39, 0.29) is 0 Å². The summed E-state index contributed by atoms with van der Waals surface area (Å²) in [5, 5.41) is 3.61. The fraction of sp³-hybridized carbons (Fsp3) is 0.524. The molecular formula is C21H31IN4. The quantitative estimate of drug-likeness (QED) is 0.503. The SMILES string of the molecule is CCC(CC)Nc1nc(N(CC)c2c(C)cc(C)cc2C)nc(C)c1I. The van der Waals surface area contributed by atoms with Crippen molar-refractivity contribution in [3.8, 4) is 0 Å². The average Bonchev–Trinajstić information content (AvgIpc) is 2.59. The van der Waals surface area contributed by atoms with Crippen molar-refractivity contribution in [2.24, 2.45) is 0 Å². The Bertz CT molecular complexity index is 746. The molecule has 0 saturated carbocycles. The summed E-state index contributed by atoms with van der Waals surface area (Å²) in [6.45, 7) is 15.9. The zero-order chi connectivity index (χ0) is 19.4. The number of benzene rings is 1. The van der Waals surface area contributed by atoms with Gasteiger partial charge in [0.15, 0.2) is 0 Å². The normalized spacial score (nSPS) is 11.1. The second-order valence-corrected chi connectivity index (χ2v) is 8.00. The van der Waals surface area contributed by atoms with E-state index >= 15 is 0 Å². The summed E-state index contributed by atoms with van der Waals surface area (Å²) >= 11 is 2.35. The first-order chi connectivity index (χ1) is 12.3. The van der Waals surface area contributed by atoms with Gasteiger partial charge in [0, 0.05) is 18.3 Å². The van der Waals surface area contributed by atoms with E-state index < -0.39 is 0 Å². The molecule has 2 aromatic rings. The lowest BCUT2D eigenvalue weighted by molar-refractivity contribution is 0.667. The van der Waals surface area contributed by atoms with Crippen molar-refractivity contribution in [2.75, 3.05) is 16.8 Å². The van der Waals surface area contributed by atoms with Crippen LogP contribution in [0.15, 0.2) is 12.1 Å². The lowest BCUT2D eigenvalue weighted by atomic mass is 10.0. The first-order valence-electron chi connectivity index (χ1n) is 9.48. The van der Waals surface area contributed by atoms with Gasteiger partial charge in [0.05, 0.1) is 9.26 Å². The monoisotopic (exact) mass is 466 g/mol. The van der Waals surface area contributed by atoms with E-state index in [9.17, 15) is 0 Å². The summed E-state index contributed by atoms with van der Waals surface area (Å²) in [5.41, 5.74) is 6.05. The van der Waals surface area contributed by atoms with Gasteiger partial charge >= 0.3 is 0 Å². The van der Waals surface area contributed by atoms with Gasteiger partial charge in [0.1, 0.15) is 5.82 Å². The predicted molar refractivity (Wildman–Crippen MR) is 121 cm³/mol. The maximum atomic E-state index is 4.92. The Morgan fingerprint density at radius 2 is 1.58 bits per heavy atom. The molecule has 2 rings (SSSR count). The smallest absolute Gasteiger partial charge is 0.232 e. The number of hydrogen-bond donors (Lipinski definition) is 1. The number of hydrogen-bond acceptors (Lipinski definition) is 4. The first-order valence-corrected chi connectivity index (χ1v) is 10.6. The standard InChI is InChI=1S/C21H31IN4/c1-8-17(9-2)24-20-18(22)16(7)23-21(25-20)26(10-3)19-14(5)11-13(4)12-15(19)6/h11-12,17H,8-10H2,1-7H3,(H,23,24,25). The molecule has 4 nitrogen and oxygen atoms in total. The second kappa shape index (κ2) is 9.02. The molecule has 0 fully saturated rings. The van der Waals surface area contributed by atoms with Crippen LogP contribution in [-0.4, -0.2) is 22.6 Å². The van der Waals surface area contributed by atoms with Crippen molar-refractivity contribution in [2.45, 2.75) is 67.3 Å². The minimum Gasteiger partial charge on any atom is -0.366 e. The Morgan fingerprint density at radius 3 is 2.08 bits per heavy atom. The van der Waals surface area contributed by atoms with Gasteiger partial charge < -0.3 is 10.2 Å². The predicted octanol–water partition coefficient (Wildman–Crippen LogP) is 6.07. The molecule has 0 aliphatic heterocycles. The lowest BCUT2D eigenvalue weighted by Gasteiger charge is -2.27. The van der Waals surface area contributed by atoms with Gasteiger partial charge in [-0.3, -0.25) is 0 Å². The minimum atomic E-state index is 0.434. The van der Waals surface area contributed by atoms with Crippen LogP contribution < -0.4 is 10.2 Å². The van der Waals surface area contributed by atoms with Gasteiger partial charge in [0.2, 0.25) is 5.95 Å². The van der Waals surface area contributed by atoms with E-state index in [0.717, 1.165) is 40.4 Å². The number of anilines is 3. The highest BCUT2D eigenvalue weighted by Gasteiger charge is 2.19. The van der Waals surface area contributed by atoms with Crippen LogP contribution in [0.1, 0.15) is 56.0 Å². The topological polar surface area (TPSA) is 41.1 Å². The van der Waals surface area contributed by atoms with Crippen LogP contribution in [0.2, 0.25) is 0 Å². The van der Waals surface area contributed by atoms with Gasteiger partial charge in [0.25, 0.3) is 0 Å². The molecule has 0 saturated heterocycles. The molecule has 1 aromatic carbocycles. The maximum absolute atomic E-state index is 4.92. The molecule has 0 spiro atoms. The molecule has 0 amide bonds. The van der Waals surface area contributed by atoms with E-state index in [1.54, 1.807) is 0 Å². The van der Waals surface area contributed by atoms with E-state index in [4.69, 9.17) is 9.97 Å². The lowest BCUT2D eigenvalue weighted by Crippen LogP contribution is -2.24. The molecule has 5 heteroatoms. The molecule has 0 aliphatic carbocycles. The number of nitrogens with zero attached hydrogens (tertiary/aromatic N) is 3. The summed E-state index contributed by atoms with van der Waals surface area (Å²) in [6.07, 6.45) is 2.16. The fourth-order valence-electron chi connectivity index (χ4n) is 3.44. The molecular weight excluding hydrogens is 435 g/mol. The summed E-state index contributed by atoms with van der Waals surface area (Å²) in [5.74, 6) is 1.72. The number of aromatic nitrogens is 2. The van der Waals surface area contributed by atoms with Crippen molar-refractivity contribution >= 4 is 40.0 Å². The molecule has 1 N–H and O–H groups in total. The molecule has 0 unspecified atom stereocenters. The molecule has 0 atom stereocenters. The maximum Gasteiger partial charge on any atom is 0.232 e. The van der Waals surface area contributed by atoms with Crippen molar-refractivity contribution in [1.82, 2.24) is 9.97 Å². The van der Waals surface area contributed by atoms with Crippen LogP contribution in [0, 0.1) is 31.3 Å². The van der Waals surface area contributed by atoms with Crippen molar-refractivity contribution in [3.05, 3.63) is 38.1 Å². The van der Waals surface area contributed by atoms with Crippen molar-refractivity contribution < 1.29 is 0 Å². The summed E-state index contributed by atoms with van der Waals surface area (Å²) < 4.78 is 1.10. The summed E-state index contributed by atoms with van der Waals surface area (Å²) in [7, 11) is 0. The zero-order valence-electron chi connectivity index (χ0n) is 17.1. The van der Waals surface area contributed by atoms with Crippen LogP contribution in [0.25, 0.3) is 0 Å². The fourth-order valence-corrected chi connectivity index (χ4v) is 3.84. The molecule has 1 aromatic heterocycles. The van der Waals surface area contributed by atoms with Crippen LogP contribution in [0.3, 0.4) is 0 Å². The van der Waals surface area contributed by atoms with E-state index in [1.165, 1.54) is 22.4 Å². The summed E-state index contributed by atoms with van der Waals surface area (Å²) in [6, 6.07) is 4.89. The molecule has 0 bridgehead atoms. The molecule has 0 radical (unpaired) electrons. The van der Waals surface area contributed by atoms with Crippen molar-refractivity contribution in [3.63, 3.8) is 0 Å². The second-order valence-electron chi connectivity index (χ2n) is 6.92. The highest BCUT2D eigenvalue weighted by Crippen LogP contribution is 2.32. The average molecular weight is 466 g/mol. The number of aryl methyl sites for hydroxylation is 4. The van der Waals surface area contributed by atoms with Crippen molar-refractivity contribution in [1.29, 1.82) is 0 Å². The van der Waals surface area contributed by atoms with E-state index in [0.29, 0.717) is 6.04 Å². The van der Waals surface area contributed by atoms with Crippen LogP contribution in [0.4, 0.5) is 17.5 Å². The van der Waals surface area contributed by atoms with Gasteiger partial charge in [-0.15, -0.1) is 0 Å². The third kappa shape index (κ3) is 4.48. The third-order valence-electron chi connectivity index (χ3n) is 4.79. The zero-order valence-corrected chi connectivity index (χ0v) is 19.2. The van der Waals surface area contributed by atoms with Gasteiger partial charge in [-0.05, 0) is 81.2 Å². The Hall–Kier alpha value is -1.37. The number of nitrogens with one attached hydrogen (secondary N) is 1. The Labute approximate surface area is 172 Å².